The van der Waals surface area contributed by atoms with E-state index in [0.717, 1.165) is 12.1 Å². The second kappa shape index (κ2) is 8.83. The third kappa shape index (κ3) is 5.51. The molecule has 5 nitrogen and oxygen atoms in total. The van der Waals surface area contributed by atoms with E-state index in [1.54, 1.807) is 12.1 Å². The van der Waals surface area contributed by atoms with E-state index in [2.05, 4.69) is 23.1 Å². The van der Waals surface area contributed by atoms with Crippen LogP contribution in [0.4, 0.5) is 10.1 Å². The van der Waals surface area contributed by atoms with Crippen LogP contribution < -0.4 is 20.9 Å². The van der Waals surface area contributed by atoms with Gasteiger partial charge in [-0.15, -0.1) is 0 Å². The molecule has 0 unspecified atom stereocenters. The Balaban J connectivity index is 1.72. The first-order valence-electron chi connectivity index (χ1n) is 7.40. The Morgan fingerprint density at radius 2 is 1.83 bits per heavy atom. The molecule has 0 aliphatic carbocycles. The number of rotatable bonds is 5. The Morgan fingerprint density at radius 3 is 2.50 bits per heavy atom. The lowest BCUT2D eigenvalue weighted by molar-refractivity contribution is -0.123. The molecular formula is C17H18FN3O2S. The van der Waals surface area contributed by atoms with Gasteiger partial charge >= 0.3 is 0 Å². The Morgan fingerprint density at radius 1 is 1.12 bits per heavy atom. The van der Waals surface area contributed by atoms with Crippen LogP contribution in [0.15, 0.2) is 48.5 Å². The number of aryl methyl sites for hydroxylation is 1. The van der Waals surface area contributed by atoms with Gasteiger partial charge in [-0.05, 0) is 48.5 Å². The number of hydrogen-bond acceptors (Lipinski definition) is 3. The second-order valence-electron chi connectivity index (χ2n) is 4.90. The van der Waals surface area contributed by atoms with Crippen molar-refractivity contribution in [3.63, 3.8) is 0 Å². The molecule has 0 aliphatic rings. The molecule has 0 spiro atoms. The van der Waals surface area contributed by atoms with Crippen LogP contribution >= 0.6 is 12.2 Å². The van der Waals surface area contributed by atoms with Crippen LogP contribution in [0.3, 0.4) is 0 Å². The average Bonchev–Trinajstić information content (AvgIpc) is 2.60. The summed E-state index contributed by atoms with van der Waals surface area (Å²) < 4.78 is 18.4. The molecule has 2 rings (SSSR count). The Bertz CT molecular complexity index is 707. The largest absolute Gasteiger partial charge is 0.481 e. The van der Waals surface area contributed by atoms with Gasteiger partial charge in [-0.25, -0.2) is 4.39 Å². The van der Waals surface area contributed by atoms with Crippen molar-refractivity contribution >= 4 is 28.9 Å². The third-order valence-corrected chi connectivity index (χ3v) is 3.34. The summed E-state index contributed by atoms with van der Waals surface area (Å²) in [7, 11) is 0. The smallest absolute Gasteiger partial charge is 0.276 e. The number of amides is 1. The van der Waals surface area contributed by atoms with Crippen LogP contribution in [0.25, 0.3) is 0 Å². The van der Waals surface area contributed by atoms with Crippen LogP contribution in [-0.2, 0) is 11.2 Å². The van der Waals surface area contributed by atoms with E-state index in [1.165, 1.54) is 17.7 Å². The van der Waals surface area contributed by atoms with E-state index >= 15 is 0 Å². The Kier molecular flexibility index (Phi) is 6.51. The van der Waals surface area contributed by atoms with Gasteiger partial charge in [-0.2, -0.15) is 0 Å². The lowest BCUT2D eigenvalue weighted by atomic mass is 10.1. The van der Waals surface area contributed by atoms with Crippen molar-refractivity contribution in [2.75, 3.05) is 11.9 Å². The van der Waals surface area contributed by atoms with Gasteiger partial charge in [-0.1, -0.05) is 31.2 Å². The number of thiocarbonyl (C=S) groups is 1. The van der Waals surface area contributed by atoms with Crippen LogP contribution in [-0.4, -0.2) is 17.6 Å². The highest BCUT2D eigenvalue weighted by Crippen LogP contribution is 2.14. The molecule has 0 heterocycles. The van der Waals surface area contributed by atoms with E-state index < -0.39 is 11.7 Å². The van der Waals surface area contributed by atoms with E-state index in [4.69, 9.17) is 17.0 Å². The fraction of sp³-hybridized carbons (Fsp3) is 0.176. The van der Waals surface area contributed by atoms with Gasteiger partial charge in [0, 0.05) is 5.69 Å². The summed E-state index contributed by atoms with van der Waals surface area (Å²) in [5.74, 6) is -0.987. The van der Waals surface area contributed by atoms with E-state index in [-0.39, 0.29) is 17.5 Å². The molecule has 0 radical (unpaired) electrons. The minimum atomic E-state index is -0.522. The fourth-order valence-electron chi connectivity index (χ4n) is 1.85. The molecule has 2 aromatic rings. The minimum absolute atomic E-state index is 0.0179. The number of nitrogens with one attached hydrogen (secondary N) is 3. The highest BCUT2D eigenvalue weighted by Gasteiger charge is 2.06. The highest BCUT2D eigenvalue weighted by molar-refractivity contribution is 7.80. The van der Waals surface area contributed by atoms with E-state index in [9.17, 15) is 9.18 Å². The van der Waals surface area contributed by atoms with Crippen LogP contribution in [0.5, 0.6) is 5.75 Å². The number of carbonyl (C=O) groups excluding carboxylic acids is 1. The molecule has 2 aromatic carbocycles. The first-order chi connectivity index (χ1) is 11.6. The molecule has 126 valence electrons. The molecule has 0 aliphatic heterocycles. The van der Waals surface area contributed by atoms with Gasteiger partial charge in [0.25, 0.3) is 5.91 Å². The summed E-state index contributed by atoms with van der Waals surface area (Å²) in [5, 5.41) is 3.17. The van der Waals surface area contributed by atoms with Crippen molar-refractivity contribution in [1.29, 1.82) is 0 Å². The van der Waals surface area contributed by atoms with Crippen molar-refractivity contribution in [3.05, 3.63) is 59.9 Å². The van der Waals surface area contributed by atoms with Gasteiger partial charge in [0.1, 0.15) is 0 Å². The Labute approximate surface area is 145 Å². The number of hydrogen-bond donors (Lipinski definition) is 3. The molecule has 3 N–H and O–H groups in total. The molecule has 0 saturated carbocycles. The average molecular weight is 347 g/mol. The monoisotopic (exact) mass is 347 g/mol. The zero-order valence-corrected chi connectivity index (χ0v) is 14.0. The van der Waals surface area contributed by atoms with Crippen molar-refractivity contribution in [2.24, 2.45) is 0 Å². The first-order valence-corrected chi connectivity index (χ1v) is 7.81. The molecule has 1 amide bonds. The fourth-order valence-corrected chi connectivity index (χ4v) is 2.02. The summed E-state index contributed by atoms with van der Waals surface area (Å²) in [6.07, 6.45) is 0.959. The van der Waals surface area contributed by atoms with E-state index in [0.29, 0.717) is 0 Å². The summed E-state index contributed by atoms with van der Waals surface area (Å²) >= 11 is 5.08. The number of carbonyl (C=O) groups is 1. The van der Waals surface area contributed by atoms with Crippen molar-refractivity contribution in [3.8, 4) is 5.75 Å². The number of anilines is 1. The van der Waals surface area contributed by atoms with Gasteiger partial charge in [-0.3, -0.25) is 15.6 Å². The molecule has 0 fully saturated rings. The zero-order chi connectivity index (χ0) is 17.4. The first kappa shape index (κ1) is 17.7. The topological polar surface area (TPSA) is 62.4 Å². The molecule has 0 bridgehead atoms. The van der Waals surface area contributed by atoms with Gasteiger partial charge in [0.2, 0.25) is 0 Å². The molecular weight excluding hydrogens is 329 g/mol. The number of ether oxygens (including phenoxy) is 1. The predicted molar refractivity (Wildman–Crippen MR) is 95.2 cm³/mol. The zero-order valence-electron chi connectivity index (χ0n) is 13.1. The number of halogens is 1. The minimum Gasteiger partial charge on any atom is -0.481 e. The summed E-state index contributed by atoms with van der Waals surface area (Å²) in [5.41, 5.74) is 6.96. The predicted octanol–water partition coefficient (Wildman–Crippen LogP) is 2.78. The molecule has 7 heteroatoms. The highest BCUT2D eigenvalue weighted by atomic mass is 32.1. The van der Waals surface area contributed by atoms with Crippen molar-refractivity contribution in [1.82, 2.24) is 10.9 Å². The normalized spacial score (nSPS) is 9.92. The second-order valence-corrected chi connectivity index (χ2v) is 5.31. The van der Waals surface area contributed by atoms with Crippen LogP contribution in [0, 0.1) is 5.82 Å². The van der Waals surface area contributed by atoms with Crippen molar-refractivity contribution in [2.45, 2.75) is 13.3 Å². The lowest BCUT2D eigenvalue weighted by Gasteiger charge is -2.12. The molecule has 0 atom stereocenters. The van der Waals surface area contributed by atoms with Crippen molar-refractivity contribution < 1.29 is 13.9 Å². The molecule has 0 saturated heterocycles. The van der Waals surface area contributed by atoms with E-state index in [1.807, 2.05) is 24.3 Å². The van der Waals surface area contributed by atoms with Gasteiger partial charge < -0.3 is 10.1 Å². The maximum absolute atomic E-state index is 13.3. The number of para-hydroxylation sites is 1. The van der Waals surface area contributed by atoms with Gasteiger partial charge in [0.15, 0.2) is 23.3 Å². The number of benzene rings is 2. The maximum Gasteiger partial charge on any atom is 0.276 e. The lowest BCUT2D eigenvalue weighted by Crippen LogP contribution is -2.45. The molecule has 24 heavy (non-hydrogen) atoms. The molecule has 0 aromatic heterocycles. The standard InChI is InChI=1S/C17H18FN3O2S/c1-2-12-7-9-13(10-8-12)19-17(24)21-20-16(22)11-23-15-6-4-3-5-14(15)18/h3-10H,2,11H2,1H3,(H,20,22)(H2,19,21,24). The van der Waals surface area contributed by atoms with Crippen LogP contribution in [0.1, 0.15) is 12.5 Å². The SMILES string of the molecule is CCc1ccc(NC(=S)NNC(=O)COc2ccccc2F)cc1. The summed E-state index contributed by atoms with van der Waals surface area (Å²) in [4.78, 5) is 11.7. The Hall–Kier alpha value is -2.67. The summed E-state index contributed by atoms with van der Waals surface area (Å²) in [6.45, 7) is 1.75. The summed E-state index contributed by atoms with van der Waals surface area (Å²) in [6, 6.07) is 13.7. The maximum atomic E-state index is 13.3. The van der Waals surface area contributed by atoms with Gasteiger partial charge in [0.05, 0.1) is 0 Å². The quantitative estimate of drug-likeness (QED) is 0.573. The van der Waals surface area contributed by atoms with Crippen LogP contribution in [0.2, 0.25) is 0 Å². The third-order valence-electron chi connectivity index (χ3n) is 3.13. The number of hydrazine groups is 1.